The molecule has 6 heteroatoms. The van der Waals surface area contributed by atoms with Crippen molar-refractivity contribution >= 4 is 0 Å². The molecule has 2 rings (SSSR count). The normalized spacial score (nSPS) is 20.2. The van der Waals surface area contributed by atoms with E-state index in [9.17, 15) is 18.3 Å². The molecule has 1 aliphatic heterocycles. The molecular weight excluding hydrogens is 233 g/mol. The average Bonchev–Trinajstić information content (AvgIpc) is 2.29. The van der Waals surface area contributed by atoms with Gasteiger partial charge in [-0.05, 0) is 38.1 Å². The Bertz CT molecular complexity index is 400. The highest BCUT2D eigenvalue weighted by atomic mass is 19.4. The second-order valence-electron chi connectivity index (χ2n) is 4.18. The van der Waals surface area contributed by atoms with Gasteiger partial charge in [-0.2, -0.15) is 13.2 Å². The third-order valence-electron chi connectivity index (χ3n) is 2.98. The lowest BCUT2D eigenvalue weighted by atomic mass is 9.86. The van der Waals surface area contributed by atoms with Gasteiger partial charge in [0, 0.05) is 6.20 Å². The van der Waals surface area contributed by atoms with Crippen LogP contribution < -0.4 is 5.32 Å². The van der Waals surface area contributed by atoms with Gasteiger partial charge in [-0.15, -0.1) is 0 Å². The van der Waals surface area contributed by atoms with Crippen LogP contribution in [0, 0.1) is 0 Å². The van der Waals surface area contributed by atoms with Crippen LogP contribution in [0.3, 0.4) is 0 Å². The summed E-state index contributed by atoms with van der Waals surface area (Å²) in [4.78, 5) is 3.74. The van der Waals surface area contributed by atoms with Crippen LogP contribution in [0.5, 0.6) is 0 Å². The van der Waals surface area contributed by atoms with Crippen LogP contribution in [0.2, 0.25) is 0 Å². The van der Waals surface area contributed by atoms with Gasteiger partial charge in [0.15, 0.2) is 0 Å². The van der Waals surface area contributed by atoms with E-state index in [1.54, 1.807) is 0 Å². The fourth-order valence-corrected chi connectivity index (χ4v) is 2.08. The molecule has 0 spiro atoms. The van der Waals surface area contributed by atoms with Crippen molar-refractivity contribution in [2.75, 3.05) is 13.1 Å². The topological polar surface area (TPSA) is 45.2 Å². The zero-order chi connectivity index (χ0) is 12.5. The lowest BCUT2D eigenvalue weighted by molar-refractivity contribution is -0.142. The Balaban J connectivity index is 2.44. The molecule has 94 valence electrons. The van der Waals surface area contributed by atoms with Gasteiger partial charge in [-0.1, -0.05) is 0 Å². The monoisotopic (exact) mass is 246 g/mol. The van der Waals surface area contributed by atoms with E-state index in [2.05, 4.69) is 10.3 Å². The molecule has 0 aliphatic carbocycles. The van der Waals surface area contributed by atoms with Crippen LogP contribution in [0.4, 0.5) is 13.2 Å². The van der Waals surface area contributed by atoms with E-state index in [1.807, 2.05) is 0 Å². The summed E-state index contributed by atoms with van der Waals surface area (Å²) in [7, 11) is 0. The van der Waals surface area contributed by atoms with Gasteiger partial charge >= 0.3 is 6.18 Å². The molecule has 1 fully saturated rings. The van der Waals surface area contributed by atoms with Crippen molar-refractivity contribution in [3.63, 3.8) is 0 Å². The maximum Gasteiger partial charge on any atom is 0.418 e. The molecule has 0 atom stereocenters. The summed E-state index contributed by atoms with van der Waals surface area (Å²) in [6, 6.07) is 2.19. The van der Waals surface area contributed by atoms with Gasteiger partial charge in [0.25, 0.3) is 0 Å². The van der Waals surface area contributed by atoms with Crippen LogP contribution in [-0.4, -0.2) is 23.2 Å². The molecule has 2 N–H and O–H groups in total. The fraction of sp³-hybridized carbons (Fsp3) is 0.545. The summed E-state index contributed by atoms with van der Waals surface area (Å²) in [6.45, 7) is 0.981. The predicted molar refractivity (Wildman–Crippen MR) is 55.2 cm³/mol. The standard InChI is InChI=1S/C11H13F3N2O/c12-11(13,14)8-2-1-5-16-9(8)10(17)3-6-15-7-4-10/h1-2,5,15,17H,3-4,6-7H2. The molecule has 0 radical (unpaired) electrons. The molecule has 1 saturated heterocycles. The van der Waals surface area contributed by atoms with Crippen molar-refractivity contribution < 1.29 is 18.3 Å². The second kappa shape index (κ2) is 4.27. The van der Waals surface area contributed by atoms with E-state index >= 15 is 0 Å². The molecule has 1 aromatic rings. The molecule has 3 nitrogen and oxygen atoms in total. The first-order valence-corrected chi connectivity index (χ1v) is 5.39. The molecule has 0 amide bonds. The summed E-state index contributed by atoms with van der Waals surface area (Å²) in [5.41, 5.74) is -2.57. The van der Waals surface area contributed by atoms with Crippen molar-refractivity contribution in [3.05, 3.63) is 29.6 Å². The number of nitrogens with zero attached hydrogens (tertiary/aromatic N) is 1. The van der Waals surface area contributed by atoms with Gasteiger partial charge in [0.2, 0.25) is 0 Å². The van der Waals surface area contributed by atoms with E-state index in [0.717, 1.165) is 6.07 Å². The Hall–Kier alpha value is -1.14. The first kappa shape index (κ1) is 12.3. The Morgan fingerprint density at radius 2 is 1.94 bits per heavy atom. The molecule has 17 heavy (non-hydrogen) atoms. The largest absolute Gasteiger partial charge is 0.418 e. The molecular formula is C11H13F3N2O. The number of alkyl halides is 3. The number of halogens is 3. The highest BCUT2D eigenvalue weighted by molar-refractivity contribution is 5.28. The molecule has 1 aromatic heterocycles. The summed E-state index contributed by atoms with van der Waals surface area (Å²) in [6.07, 6.45) is -2.71. The smallest absolute Gasteiger partial charge is 0.383 e. The van der Waals surface area contributed by atoms with Crippen LogP contribution in [0.15, 0.2) is 18.3 Å². The number of hydrogen-bond donors (Lipinski definition) is 2. The minimum atomic E-state index is -4.48. The van der Waals surface area contributed by atoms with Gasteiger partial charge in [0.1, 0.15) is 5.60 Å². The quantitative estimate of drug-likeness (QED) is 0.792. The lowest BCUT2D eigenvalue weighted by Gasteiger charge is -2.33. The molecule has 2 heterocycles. The molecule has 0 unspecified atom stereocenters. The van der Waals surface area contributed by atoms with Crippen LogP contribution in [0.25, 0.3) is 0 Å². The van der Waals surface area contributed by atoms with E-state index in [0.29, 0.717) is 13.1 Å². The zero-order valence-electron chi connectivity index (χ0n) is 9.09. The minimum Gasteiger partial charge on any atom is -0.383 e. The second-order valence-corrected chi connectivity index (χ2v) is 4.18. The van der Waals surface area contributed by atoms with Crippen LogP contribution in [-0.2, 0) is 11.8 Å². The van der Waals surface area contributed by atoms with Gasteiger partial charge in [-0.3, -0.25) is 4.98 Å². The third-order valence-corrected chi connectivity index (χ3v) is 2.98. The van der Waals surface area contributed by atoms with Crippen molar-refractivity contribution in [2.45, 2.75) is 24.6 Å². The van der Waals surface area contributed by atoms with Crippen LogP contribution in [0.1, 0.15) is 24.1 Å². The number of hydrogen-bond acceptors (Lipinski definition) is 3. The first-order chi connectivity index (χ1) is 7.93. The predicted octanol–water partition coefficient (Wildman–Crippen LogP) is 1.67. The molecule has 0 aromatic carbocycles. The van der Waals surface area contributed by atoms with Crippen molar-refractivity contribution in [1.29, 1.82) is 0 Å². The number of aliphatic hydroxyl groups is 1. The molecule has 0 saturated carbocycles. The molecule has 0 bridgehead atoms. The van der Waals surface area contributed by atoms with Gasteiger partial charge < -0.3 is 10.4 Å². The van der Waals surface area contributed by atoms with Crippen molar-refractivity contribution in [1.82, 2.24) is 10.3 Å². The average molecular weight is 246 g/mol. The van der Waals surface area contributed by atoms with Crippen molar-refractivity contribution in [2.24, 2.45) is 0 Å². The summed E-state index contributed by atoms with van der Waals surface area (Å²) >= 11 is 0. The number of pyridine rings is 1. The lowest BCUT2D eigenvalue weighted by Crippen LogP contribution is -2.41. The Morgan fingerprint density at radius 3 is 2.53 bits per heavy atom. The third kappa shape index (κ3) is 2.42. The summed E-state index contributed by atoms with van der Waals surface area (Å²) in [5, 5.41) is 13.3. The first-order valence-electron chi connectivity index (χ1n) is 5.39. The zero-order valence-corrected chi connectivity index (χ0v) is 9.09. The van der Waals surface area contributed by atoms with Gasteiger partial charge in [-0.25, -0.2) is 0 Å². The van der Waals surface area contributed by atoms with Crippen molar-refractivity contribution in [3.8, 4) is 0 Å². The Morgan fingerprint density at radius 1 is 1.29 bits per heavy atom. The van der Waals surface area contributed by atoms with E-state index < -0.39 is 17.3 Å². The Kier molecular flexibility index (Phi) is 3.09. The number of piperidine rings is 1. The summed E-state index contributed by atoms with van der Waals surface area (Å²) < 4.78 is 38.4. The highest BCUT2D eigenvalue weighted by Crippen LogP contribution is 2.38. The number of rotatable bonds is 1. The SMILES string of the molecule is OC1(c2ncccc2C(F)(F)F)CCNCC1. The van der Waals surface area contributed by atoms with Gasteiger partial charge in [0.05, 0.1) is 11.3 Å². The highest BCUT2D eigenvalue weighted by Gasteiger charge is 2.42. The maximum atomic E-state index is 12.8. The van der Waals surface area contributed by atoms with E-state index in [1.165, 1.54) is 12.3 Å². The molecule has 1 aliphatic rings. The minimum absolute atomic E-state index is 0.243. The van der Waals surface area contributed by atoms with E-state index in [-0.39, 0.29) is 18.5 Å². The fourth-order valence-electron chi connectivity index (χ4n) is 2.08. The Labute approximate surface area is 96.7 Å². The van der Waals surface area contributed by atoms with E-state index in [4.69, 9.17) is 0 Å². The maximum absolute atomic E-state index is 12.8. The number of nitrogens with one attached hydrogen (secondary N) is 1. The summed E-state index contributed by atoms with van der Waals surface area (Å²) in [5.74, 6) is 0. The van der Waals surface area contributed by atoms with Crippen LogP contribution >= 0.6 is 0 Å². The number of aromatic nitrogens is 1.